The van der Waals surface area contributed by atoms with Gasteiger partial charge in [0.25, 0.3) is 0 Å². The van der Waals surface area contributed by atoms with E-state index in [9.17, 15) is 14.7 Å². The molecule has 2 saturated heterocycles. The maximum Gasteiger partial charge on any atom is 0.321 e. The summed E-state index contributed by atoms with van der Waals surface area (Å²) in [4.78, 5) is 27.9. The number of carbonyl (C=O) groups is 2. The number of amides is 1. The third-order valence-corrected chi connectivity index (χ3v) is 4.90. The van der Waals surface area contributed by atoms with Crippen LogP contribution >= 0.6 is 0 Å². The van der Waals surface area contributed by atoms with Gasteiger partial charge in [-0.3, -0.25) is 14.5 Å². The minimum absolute atomic E-state index is 0.0980. The highest BCUT2D eigenvalue weighted by Crippen LogP contribution is 2.35. The third kappa shape index (κ3) is 3.96. The van der Waals surface area contributed by atoms with E-state index in [0.29, 0.717) is 6.54 Å². The van der Waals surface area contributed by atoms with Crippen molar-refractivity contribution in [2.75, 3.05) is 26.2 Å². The molecule has 0 aliphatic carbocycles. The minimum Gasteiger partial charge on any atom is -0.480 e. The number of aliphatic carboxylic acids is 1. The van der Waals surface area contributed by atoms with E-state index in [-0.39, 0.29) is 17.9 Å². The van der Waals surface area contributed by atoms with E-state index >= 15 is 0 Å². The van der Waals surface area contributed by atoms with Gasteiger partial charge in [-0.1, -0.05) is 26.7 Å². The normalized spacial score (nSPS) is 27.1. The molecule has 0 bridgehead atoms. The predicted octanol–water partition coefficient (Wildman–Crippen LogP) is 1.96. The highest BCUT2D eigenvalue weighted by molar-refractivity contribution is 5.80. The van der Waals surface area contributed by atoms with Crippen LogP contribution < -0.4 is 0 Å². The summed E-state index contributed by atoms with van der Waals surface area (Å²) in [7, 11) is 0. The van der Waals surface area contributed by atoms with Gasteiger partial charge in [0.1, 0.15) is 6.04 Å². The molecular weight excluding hydrogens is 268 g/mol. The third-order valence-electron chi connectivity index (χ3n) is 4.90. The molecule has 0 spiro atoms. The van der Waals surface area contributed by atoms with Crippen molar-refractivity contribution in [3.05, 3.63) is 0 Å². The molecule has 5 heteroatoms. The molecule has 21 heavy (non-hydrogen) atoms. The summed E-state index contributed by atoms with van der Waals surface area (Å²) in [5.74, 6) is -0.704. The van der Waals surface area contributed by atoms with Crippen molar-refractivity contribution in [2.45, 2.75) is 58.4 Å². The molecule has 1 amide bonds. The SMILES string of the molecule is CC1(C)CCCN(CC(=O)N2CCCCCC2)C1C(=O)O. The Morgan fingerprint density at radius 3 is 2.24 bits per heavy atom. The van der Waals surface area contributed by atoms with Crippen LogP contribution in [0.4, 0.5) is 0 Å². The Labute approximate surface area is 127 Å². The quantitative estimate of drug-likeness (QED) is 0.865. The Kier molecular flexibility index (Phi) is 5.25. The predicted molar refractivity (Wildman–Crippen MR) is 81.1 cm³/mol. The fraction of sp³-hybridized carbons (Fsp3) is 0.875. The van der Waals surface area contributed by atoms with E-state index in [1.807, 2.05) is 23.6 Å². The lowest BCUT2D eigenvalue weighted by Gasteiger charge is -2.44. The molecule has 120 valence electrons. The maximum atomic E-state index is 12.5. The maximum absolute atomic E-state index is 12.5. The second kappa shape index (κ2) is 6.77. The van der Waals surface area contributed by atoms with Crippen molar-refractivity contribution in [1.29, 1.82) is 0 Å². The zero-order valence-electron chi connectivity index (χ0n) is 13.3. The van der Waals surface area contributed by atoms with Crippen molar-refractivity contribution in [3.63, 3.8) is 0 Å². The van der Waals surface area contributed by atoms with E-state index < -0.39 is 12.0 Å². The molecule has 5 nitrogen and oxygen atoms in total. The second-order valence-electron chi connectivity index (χ2n) is 7.10. The van der Waals surface area contributed by atoms with Crippen molar-refractivity contribution < 1.29 is 14.7 Å². The van der Waals surface area contributed by atoms with Gasteiger partial charge in [-0.2, -0.15) is 0 Å². The Hall–Kier alpha value is -1.10. The van der Waals surface area contributed by atoms with E-state index in [2.05, 4.69) is 0 Å². The molecule has 2 aliphatic rings. The molecule has 0 radical (unpaired) electrons. The van der Waals surface area contributed by atoms with Crippen molar-refractivity contribution in [3.8, 4) is 0 Å². The topological polar surface area (TPSA) is 60.9 Å². The first-order valence-electron chi connectivity index (χ1n) is 8.16. The van der Waals surface area contributed by atoms with E-state index in [4.69, 9.17) is 0 Å². The first-order chi connectivity index (χ1) is 9.92. The van der Waals surface area contributed by atoms with Crippen LogP contribution in [0.5, 0.6) is 0 Å². The van der Waals surface area contributed by atoms with Crippen LogP contribution in [-0.2, 0) is 9.59 Å². The van der Waals surface area contributed by atoms with E-state index in [1.165, 1.54) is 12.8 Å². The summed E-state index contributed by atoms with van der Waals surface area (Å²) in [5.41, 5.74) is -0.275. The Bertz CT molecular complexity index is 387. The Balaban J connectivity index is 2.02. The molecule has 1 atom stereocenters. The highest BCUT2D eigenvalue weighted by atomic mass is 16.4. The summed E-state index contributed by atoms with van der Waals surface area (Å²) in [6, 6.07) is -0.554. The molecule has 1 N–H and O–H groups in total. The Morgan fingerprint density at radius 1 is 1.05 bits per heavy atom. The first kappa shape index (κ1) is 16.3. The summed E-state index contributed by atoms with van der Waals surface area (Å²) < 4.78 is 0. The fourth-order valence-electron chi connectivity index (χ4n) is 3.75. The number of carbonyl (C=O) groups excluding carboxylic acids is 1. The summed E-state index contributed by atoms with van der Waals surface area (Å²) in [6.07, 6.45) is 6.39. The zero-order chi connectivity index (χ0) is 15.5. The number of nitrogens with zero attached hydrogens (tertiary/aromatic N) is 2. The highest BCUT2D eigenvalue weighted by Gasteiger charge is 2.43. The van der Waals surface area contributed by atoms with Crippen LogP contribution in [0.3, 0.4) is 0 Å². The monoisotopic (exact) mass is 296 g/mol. The Morgan fingerprint density at radius 2 is 1.67 bits per heavy atom. The average molecular weight is 296 g/mol. The second-order valence-corrected chi connectivity index (χ2v) is 7.10. The van der Waals surface area contributed by atoms with Crippen LogP contribution in [0, 0.1) is 5.41 Å². The molecule has 2 rings (SSSR count). The minimum atomic E-state index is -0.802. The largest absolute Gasteiger partial charge is 0.480 e. The lowest BCUT2D eigenvalue weighted by Crippen LogP contribution is -2.56. The number of carboxylic acids is 1. The molecule has 1 unspecified atom stereocenters. The lowest BCUT2D eigenvalue weighted by atomic mass is 9.76. The number of hydrogen-bond acceptors (Lipinski definition) is 3. The van der Waals surface area contributed by atoms with Gasteiger partial charge in [-0.05, 0) is 37.6 Å². The molecule has 2 heterocycles. The number of carboxylic acid groups (broad SMARTS) is 1. The van der Waals surface area contributed by atoms with E-state index in [0.717, 1.165) is 38.8 Å². The standard InChI is InChI=1S/C16H28N2O3/c1-16(2)8-7-11-18(14(16)15(20)21)12-13(19)17-9-5-3-4-6-10-17/h14H,3-12H2,1-2H3,(H,20,21). The molecule has 0 aromatic heterocycles. The summed E-state index contributed by atoms with van der Waals surface area (Å²) in [5, 5.41) is 9.55. The zero-order valence-corrected chi connectivity index (χ0v) is 13.3. The van der Waals surface area contributed by atoms with Gasteiger partial charge in [-0.15, -0.1) is 0 Å². The number of likely N-dealkylation sites (tertiary alicyclic amines) is 2. The van der Waals surface area contributed by atoms with Gasteiger partial charge in [0.05, 0.1) is 6.54 Å². The van der Waals surface area contributed by atoms with Crippen LogP contribution in [0.1, 0.15) is 52.4 Å². The van der Waals surface area contributed by atoms with Crippen molar-refractivity contribution >= 4 is 11.9 Å². The summed E-state index contributed by atoms with van der Waals surface area (Å²) in [6.45, 7) is 6.60. The molecule has 0 saturated carbocycles. The smallest absolute Gasteiger partial charge is 0.321 e. The van der Waals surface area contributed by atoms with Gasteiger partial charge >= 0.3 is 5.97 Å². The number of rotatable bonds is 3. The first-order valence-corrected chi connectivity index (χ1v) is 8.16. The number of hydrogen-bond donors (Lipinski definition) is 1. The van der Waals surface area contributed by atoms with Crippen molar-refractivity contribution in [2.24, 2.45) is 5.41 Å². The van der Waals surface area contributed by atoms with Gasteiger partial charge in [0, 0.05) is 13.1 Å². The van der Waals surface area contributed by atoms with Crippen LogP contribution in [-0.4, -0.2) is 59.0 Å². The van der Waals surface area contributed by atoms with Crippen LogP contribution in [0.25, 0.3) is 0 Å². The van der Waals surface area contributed by atoms with Crippen LogP contribution in [0.2, 0.25) is 0 Å². The molecule has 2 fully saturated rings. The molecular formula is C16H28N2O3. The van der Waals surface area contributed by atoms with Crippen molar-refractivity contribution in [1.82, 2.24) is 9.80 Å². The average Bonchev–Trinajstić information content (AvgIpc) is 2.65. The molecule has 0 aromatic carbocycles. The van der Waals surface area contributed by atoms with Gasteiger partial charge in [0.15, 0.2) is 0 Å². The van der Waals surface area contributed by atoms with E-state index in [1.54, 1.807) is 0 Å². The molecule has 2 aliphatic heterocycles. The fourth-order valence-corrected chi connectivity index (χ4v) is 3.75. The van der Waals surface area contributed by atoms with Gasteiger partial charge in [0.2, 0.25) is 5.91 Å². The van der Waals surface area contributed by atoms with Gasteiger partial charge in [-0.25, -0.2) is 0 Å². The van der Waals surface area contributed by atoms with Gasteiger partial charge < -0.3 is 10.0 Å². The number of piperidine rings is 1. The lowest BCUT2D eigenvalue weighted by molar-refractivity contribution is -0.152. The van der Waals surface area contributed by atoms with Crippen LogP contribution in [0.15, 0.2) is 0 Å². The molecule has 0 aromatic rings. The summed E-state index contributed by atoms with van der Waals surface area (Å²) >= 11 is 0.